The summed E-state index contributed by atoms with van der Waals surface area (Å²) in [5.74, 6) is 0.920. The Morgan fingerprint density at radius 2 is 1.90 bits per heavy atom. The minimum Gasteiger partial charge on any atom is -0.496 e. The fourth-order valence-electron chi connectivity index (χ4n) is 3.82. The summed E-state index contributed by atoms with van der Waals surface area (Å²) in [6.45, 7) is 4.00. The van der Waals surface area contributed by atoms with Gasteiger partial charge >= 0.3 is 0 Å². The van der Waals surface area contributed by atoms with Crippen molar-refractivity contribution in [1.29, 1.82) is 0 Å². The first kappa shape index (κ1) is 20.1. The second-order valence-corrected chi connectivity index (χ2v) is 7.53. The van der Waals surface area contributed by atoms with Crippen molar-refractivity contribution in [3.8, 4) is 17.0 Å². The highest BCUT2D eigenvalue weighted by atomic mass is 16.5. The van der Waals surface area contributed by atoms with E-state index in [0.29, 0.717) is 6.42 Å². The van der Waals surface area contributed by atoms with Gasteiger partial charge in [-0.1, -0.05) is 18.2 Å². The zero-order valence-corrected chi connectivity index (χ0v) is 17.5. The molecule has 0 bridgehead atoms. The lowest BCUT2D eigenvalue weighted by Gasteiger charge is -2.34. The molecular weight excluding hydrogens is 378 g/mol. The van der Waals surface area contributed by atoms with Crippen LogP contribution in [0.3, 0.4) is 0 Å². The number of rotatable bonds is 6. The number of piperazine rings is 1. The van der Waals surface area contributed by atoms with E-state index < -0.39 is 0 Å². The third-order valence-corrected chi connectivity index (χ3v) is 5.58. The Morgan fingerprint density at radius 3 is 2.63 bits per heavy atom. The Bertz CT molecular complexity index is 994. The van der Waals surface area contributed by atoms with Crippen LogP contribution in [0.1, 0.15) is 11.3 Å². The predicted octanol–water partition coefficient (Wildman–Crippen LogP) is 2.38. The molecule has 0 N–H and O–H groups in total. The van der Waals surface area contributed by atoms with Crippen LogP contribution in [0, 0.1) is 0 Å². The van der Waals surface area contributed by atoms with Gasteiger partial charge in [-0.05, 0) is 24.3 Å². The van der Waals surface area contributed by atoms with Gasteiger partial charge in [0.05, 0.1) is 24.9 Å². The van der Waals surface area contributed by atoms with Crippen LogP contribution in [0.2, 0.25) is 0 Å². The molecule has 7 nitrogen and oxygen atoms in total. The van der Waals surface area contributed by atoms with Crippen LogP contribution in [0.4, 0.5) is 0 Å². The first-order valence-electron chi connectivity index (χ1n) is 10.2. The van der Waals surface area contributed by atoms with E-state index in [4.69, 9.17) is 4.74 Å². The van der Waals surface area contributed by atoms with Gasteiger partial charge in [0.15, 0.2) is 0 Å². The van der Waals surface area contributed by atoms with E-state index in [-0.39, 0.29) is 5.91 Å². The van der Waals surface area contributed by atoms with Gasteiger partial charge in [0, 0.05) is 63.3 Å². The van der Waals surface area contributed by atoms with Crippen molar-refractivity contribution in [2.45, 2.75) is 13.0 Å². The maximum absolute atomic E-state index is 12.7. The summed E-state index contributed by atoms with van der Waals surface area (Å²) < 4.78 is 7.30. The second-order valence-electron chi connectivity index (χ2n) is 7.53. The fourth-order valence-corrected chi connectivity index (χ4v) is 3.82. The molecule has 0 radical (unpaired) electrons. The number of hydrogen-bond acceptors (Lipinski definition) is 5. The number of benzene rings is 1. The maximum Gasteiger partial charge on any atom is 0.227 e. The van der Waals surface area contributed by atoms with Crippen molar-refractivity contribution < 1.29 is 9.53 Å². The Balaban J connectivity index is 1.33. The molecular formula is C23H27N5O2. The standard InChI is InChI=1S/C23H27N5O2/c1-26-20(15-21(25-26)19-7-5-9-24-16-19)17-27-10-12-28(13-11-27)23(29)14-18-6-3-4-8-22(18)30-2/h3-9,15-16H,10-14,17H2,1-2H3. The lowest BCUT2D eigenvalue weighted by atomic mass is 10.1. The van der Waals surface area contributed by atoms with Crippen LogP contribution >= 0.6 is 0 Å². The molecule has 1 aliphatic heterocycles. The van der Waals surface area contributed by atoms with Crippen molar-refractivity contribution in [2.75, 3.05) is 33.3 Å². The van der Waals surface area contributed by atoms with Gasteiger partial charge in [-0.25, -0.2) is 0 Å². The highest BCUT2D eigenvalue weighted by Gasteiger charge is 2.23. The van der Waals surface area contributed by atoms with Crippen LogP contribution in [-0.4, -0.2) is 63.8 Å². The minimum atomic E-state index is 0.151. The number of pyridine rings is 1. The van der Waals surface area contributed by atoms with E-state index in [1.54, 1.807) is 13.3 Å². The monoisotopic (exact) mass is 405 g/mol. The largest absolute Gasteiger partial charge is 0.496 e. The smallest absolute Gasteiger partial charge is 0.227 e. The number of aryl methyl sites for hydroxylation is 1. The average molecular weight is 406 g/mol. The lowest BCUT2D eigenvalue weighted by Crippen LogP contribution is -2.48. The van der Waals surface area contributed by atoms with E-state index >= 15 is 0 Å². The SMILES string of the molecule is COc1ccccc1CC(=O)N1CCN(Cc2cc(-c3cccnc3)nn2C)CC1. The van der Waals surface area contributed by atoms with E-state index in [1.807, 2.05) is 59.2 Å². The Kier molecular flexibility index (Phi) is 6.09. The quantitative estimate of drug-likeness (QED) is 0.630. The molecule has 0 spiro atoms. The fraction of sp³-hybridized carbons (Fsp3) is 0.348. The van der Waals surface area contributed by atoms with Crippen molar-refractivity contribution >= 4 is 5.91 Å². The molecule has 3 heterocycles. The summed E-state index contributed by atoms with van der Waals surface area (Å²) in [6, 6.07) is 13.8. The maximum atomic E-state index is 12.7. The van der Waals surface area contributed by atoms with E-state index in [2.05, 4.69) is 21.0 Å². The number of hydrogen-bond donors (Lipinski definition) is 0. The van der Waals surface area contributed by atoms with Crippen molar-refractivity contribution in [3.63, 3.8) is 0 Å². The van der Waals surface area contributed by atoms with Crippen molar-refractivity contribution in [3.05, 3.63) is 66.1 Å². The van der Waals surface area contributed by atoms with Crippen LogP contribution in [0.5, 0.6) is 5.75 Å². The molecule has 0 saturated carbocycles. The van der Waals surface area contributed by atoms with Gasteiger partial charge in [0.2, 0.25) is 5.91 Å². The third kappa shape index (κ3) is 4.52. The summed E-state index contributed by atoms with van der Waals surface area (Å²) in [6.07, 6.45) is 3.97. The molecule has 3 aromatic rings. The number of carbonyl (C=O) groups is 1. The first-order valence-corrected chi connectivity index (χ1v) is 10.2. The minimum absolute atomic E-state index is 0.151. The Labute approximate surface area is 176 Å². The lowest BCUT2D eigenvalue weighted by molar-refractivity contribution is -0.132. The Hall–Kier alpha value is -3.19. The molecule has 156 valence electrons. The first-order chi connectivity index (χ1) is 14.6. The van der Waals surface area contributed by atoms with Crippen LogP contribution in [0.25, 0.3) is 11.3 Å². The molecule has 0 unspecified atom stereocenters. The number of para-hydroxylation sites is 1. The van der Waals surface area contributed by atoms with Gasteiger partial charge < -0.3 is 9.64 Å². The van der Waals surface area contributed by atoms with E-state index in [0.717, 1.165) is 61.0 Å². The molecule has 7 heteroatoms. The molecule has 0 aliphatic carbocycles. The van der Waals surface area contributed by atoms with Gasteiger partial charge in [-0.2, -0.15) is 5.10 Å². The molecule has 1 amide bonds. The normalized spacial score (nSPS) is 14.7. The summed E-state index contributed by atoms with van der Waals surface area (Å²) in [7, 11) is 3.61. The van der Waals surface area contributed by atoms with Crippen molar-refractivity contribution in [2.24, 2.45) is 7.05 Å². The second kappa shape index (κ2) is 9.09. The molecule has 30 heavy (non-hydrogen) atoms. The molecule has 1 aromatic carbocycles. The predicted molar refractivity (Wildman–Crippen MR) is 115 cm³/mol. The summed E-state index contributed by atoms with van der Waals surface area (Å²) >= 11 is 0. The van der Waals surface area contributed by atoms with Crippen molar-refractivity contribution in [1.82, 2.24) is 24.6 Å². The third-order valence-electron chi connectivity index (χ3n) is 5.58. The number of methoxy groups -OCH3 is 1. The summed E-state index contributed by atoms with van der Waals surface area (Å²) in [5, 5.41) is 4.63. The van der Waals surface area contributed by atoms with Crippen LogP contribution in [0.15, 0.2) is 54.9 Å². The summed E-state index contributed by atoms with van der Waals surface area (Å²) in [4.78, 5) is 21.2. The molecule has 1 saturated heterocycles. The molecule has 0 atom stereocenters. The zero-order chi connectivity index (χ0) is 20.9. The molecule has 1 aliphatic rings. The number of aromatic nitrogens is 3. The summed E-state index contributed by atoms with van der Waals surface area (Å²) in [5.41, 5.74) is 4.05. The Morgan fingerprint density at radius 1 is 1.10 bits per heavy atom. The highest BCUT2D eigenvalue weighted by molar-refractivity contribution is 5.79. The van der Waals surface area contributed by atoms with Gasteiger partial charge in [-0.3, -0.25) is 19.4 Å². The average Bonchev–Trinajstić information content (AvgIpc) is 3.15. The van der Waals surface area contributed by atoms with Gasteiger partial charge in [0.25, 0.3) is 0 Å². The topological polar surface area (TPSA) is 63.5 Å². The zero-order valence-electron chi connectivity index (χ0n) is 17.5. The van der Waals surface area contributed by atoms with Gasteiger partial charge in [0.1, 0.15) is 5.75 Å². The number of carbonyl (C=O) groups excluding carboxylic acids is 1. The molecule has 2 aromatic heterocycles. The number of ether oxygens (including phenoxy) is 1. The van der Waals surface area contributed by atoms with Crippen LogP contribution < -0.4 is 4.74 Å². The number of nitrogens with zero attached hydrogens (tertiary/aromatic N) is 5. The van der Waals surface area contributed by atoms with Gasteiger partial charge in [-0.15, -0.1) is 0 Å². The van der Waals surface area contributed by atoms with E-state index in [1.165, 1.54) is 0 Å². The van der Waals surface area contributed by atoms with Crippen LogP contribution in [-0.2, 0) is 24.8 Å². The molecule has 4 rings (SSSR count). The highest BCUT2D eigenvalue weighted by Crippen LogP contribution is 2.20. The number of amides is 1. The van der Waals surface area contributed by atoms with E-state index in [9.17, 15) is 4.79 Å². The molecule has 1 fully saturated rings.